The van der Waals surface area contributed by atoms with Gasteiger partial charge in [-0.3, -0.25) is 9.59 Å². The van der Waals surface area contributed by atoms with Crippen LogP contribution in [0.4, 0.5) is 0 Å². The second-order valence-electron chi connectivity index (χ2n) is 3.84. The van der Waals surface area contributed by atoms with Gasteiger partial charge in [0.1, 0.15) is 0 Å². The Hall–Kier alpha value is -1.48. The third kappa shape index (κ3) is 10.2. The number of esters is 1. The smallest absolute Gasteiger partial charge is 0.374 e. The van der Waals surface area contributed by atoms with Gasteiger partial charge in [0.15, 0.2) is 0 Å². The molecule has 0 heterocycles. The summed E-state index contributed by atoms with van der Waals surface area (Å²) in [6, 6.07) is 0. The predicted octanol–water partition coefficient (Wildman–Crippen LogP) is -1.31. The molecule has 0 spiro atoms. The fourth-order valence-electron chi connectivity index (χ4n) is 1.21. The summed E-state index contributed by atoms with van der Waals surface area (Å²) in [4.78, 5) is 33.1. The first-order valence-corrected chi connectivity index (χ1v) is 7.36. The van der Waals surface area contributed by atoms with Gasteiger partial charge in [-0.2, -0.15) is 0 Å². The highest BCUT2D eigenvalue weighted by atomic mass is 32.2. The van der Waals surface area contributed by atoms with Gasteiger partial charge in [0.05, 0.1) is 12.9 Å². The van der Waals surface area contributed by atoms with Crippen molar-refractivity contribution in [2.75, 3.05) is 19.4 Å². The van der Waals surface area contributed by atoms with Crippen LogP contribution in [0.15, 0.2) is 0 Å². The second kappa shape index (κ2) is 8.59. The molecule has 9 heteroatoms. The molecular formula is C10H18N2O6S. The third-order valence-electron chi connectivity index (χ3n) is 2.15. The van der Waals surface area contributed by atoms with Crippen LogP contribution >= 0.6 is 0 Å². The second-order valence-corrected chi connectivity index (χ2v) is 5.57. The first kappa shape index (κ1) is 17.5. The maximum Gasteiger partial charge on any atom is 0.374 e. The van der Waals surface area contributed by atoms with E-state index in [2.05, 4.69) is 10.1 Å². The van der Waals surface area contributed by atoms with Gasteiger partial charge in [0.2, 0.25) is 21.7 Å². The lowest BCUT2D eigenvalue weighted by atomic mass is 10.1. The number of carbonyl (C=O) groups excluding carboxylic acids is 3. The summed E-state index contributed by atoms with van der Waals surface area (Å²) in [6.45, 7) is 0.195. The summed E-state index contributed by atoms with van der Waals surface area (Å²) in [5, 5.41) is 7.27. The maximum atomic E-state index is 11.3. The number of hydrogen-bond donors (Lipinski definition) is 2. The van der Waals surface area contributed by atoms with E-state index in [0.717, 1.165) is 7.11 Å². The maximum absolute atomic E-state index is 11.3. The first-order chi connectivity index (χ1) is 8.76. The fourth-order valence-corrected chi connectivity index (χ4v) is 1.76. The van der Waals surface area contributed by atoms with Crippen molar-refractivity contribution < 1.29 is 27.5 Å². The Labute approximate surface area is 111 Å². The van der Waals surface area contributed by atoms with E-state index in [-0.39, 0.29) is 43.9 Å². The number of primary sulfonamides is 1. The molecule has 1 amide bonds. The summed E-state index contributed by atoms with van der Waals surface area (Å²) in [5.74, 6) is -2.11. The van der Waals surface area contributed by atoms with Crippen LogP contribution in [0, 0.1) is 0 Å². The van der Waals surface area contributed by atoms with Gasteiger partial charge >= 0.3 is 5.97 Å². The molecule has 0 aliphatic rings. The molecule has 19 heavy (non-hydrogen) atoms. The fraction of sp³-hybridized carbons (Fsp3) is 0.700. The molecule has 8 nitrogen and oxygen atoms in total. The van der Waals surface area contributed by atoms with Gasteiger partial charge in [-0.15, -0.1) is 0 Å². The molecule has 0 saturated carbocycles. The summed E-state index contributed by atoms with van der Waals surface area (Å²) < 4.78 is 25.4. The number of nitrogens with two attached hydrogens (primary N) is 1. The Morgan fingerprint density at radius 2 is 1.79 bits per heavy atom. The molecule has 0 aromatic carbocycles. The van der Waals surface area contributed by atoms with Gasteiger partial charge in [0.25, 0.3) is 0 Å². The van der Waals surface area contributed by atoms with Crippen LogP contribution < -0.4 is 10.5 Å². The Morgan fingerprint density at radius 3 is 2.32 bits per heavy atom. The van der Waals surface area contributed by atoms with E-state index < -0.39 is 21.8 Å². The minimum absolute atomic E-state index is 0.0583. The molecule has 0 atom stereocenters. The largest absolute Gasteiger partial charge is 0.463 e. The molecule has 110 valence electrons. The molecule has 0 aromatic heterocycles. The highest BCUT2D eigenvalue weighted by Gasteiger charge is 2.13. The topological polar surface area (TPSA) is 133 Å². The molecular weight excluding hydrogens is 276 g/mol. The van der Waals surface area contributed by atoms with E-state index in [1.165, 1.54) is 0 Å². The summed E-state index contributed by atoms with van der Waals surface area (Å²) in [5.41, 5.74) is 0. The molecule has 0 bridgehead atoms. The average molecular weight is 294 g/mol. The van der Waals surface area contributed by atoms with Crippen LogP contribution in [0.25, 0.3) is 0 Å². The highest BCUT2D eigenvalue weighted by Crippen LogP contribution is 1.98. The van der Waals surface area contributed by atoms with Gasteiger partial charge < -0.3 is 10.1 Å². The van der Waals surface area contributed by atoms with Gasteiger partial charge in [-0.25, -0.2) is 18.4 Å². The Bertz CT molecular complexity index is 431. The Balaban J connectivity index is 3.66. The number of amides is 1. The molecule has 0 rings (SSSR count). The zero-order valence-electron chi connectivity index (χ0n) is 10.7. The number of nitrogens with one attached hydrogen (secondary N) is 1. The van der Waals surface area contributed by atoms with Crippen LogP contribution in [0.5, 0.6) is 0 Å². The molecule has 0 aromatic rings. The van der Waals surface area contributed by atoms with E-state index in [1.54, 1.807) is 0 Å². The summed E-state index contributed by atoms with van der Waals surface area (Å²) in [7, 11) is -2.40. The normalized spacial score (nSPS) is 10.8. The predicted molar refractivity (Wildman–Crippen MR) is 66.5 cm³/mol. The zero-order valence-corrected chi connectivity index (χ0v) is 11.5. The van der Waals surface area contributed by atoms with Crippen LogP contribution in [0.2, 0.25) is 0 Å². The van der Waals surface area contributed by atoms with Crippen LogP contribution in [-0.4, -0.2) is 45.5 Å². The number of methoxy groups -OCH3 is 1. The number of hydrogen-bond acceptors (Lipinski definition) is 6. The van der Waals surface area contributed by atoms with Crippen LogP contribution in [0.3, 0.4) is 0 Å². The van der Waals surface area contributed by atoms with Gasteiger partial charge in [-0.1, -0.05) is 0 Å². The van der Waals surface area contributed by atoms with Crippen molar-refractivity contribution in [1.82, 2.24) is 5.32 Å². The van der Waals surface area contributed by atoms with E-state index in [9.17, 15) is 22.8 Å². The quantitative estimate of drug-likeness (QED) is 0.308. The minimum atomic E-state index is -3.51. The molecule has 3 N–H and O–H groups in total. The third-order valence-corrected chi connectivity index (χ3v) is 3.01. The van der Waals surface area contributed by atoms with Crippen molar-refractivity contribution >= 4 is 27.7 Å². The molecule has 0 fully saturated rings. The van der Waals surface area contributed by atoms with E-state index >= 15 is 0 Å². The number of Topliss-reactive ketones (excluding diaryl/α,β-unsaturated/α-hetero) is 1. The van der Waals surface area contributed by atoms with Crippen LogP contribution in [0.1, 0.15) is 25.7 Å². The monoisotopic (exact) mass is 294 g/mol. The molecule has 0 unspecified atom stereocenters. The number of sulfonamides is 1. The highest BCUT2D eigenvalue weighted by molar-refractivity contribution is 7.89. The lowest BCUT2D eigenvalue weighted by Crippen LogP contribution is -2.27. The number of ketones is 1. The van der Waals surface area contributed by atoms with Crippen molar-refractivity contribution in [1.29, 1.82) is 0 Å². The Kier molecular flexibility index (Phi) is 7.92. The molecule has 0 aliphatic heterocycles. The van der Waals surface area contributed by atoms with E-state index in [1.807, 2.05) is 0 Å². The standard InChI is InChI=1S/C10H18N2O6S/c1-18-10(15)8(13)4-2-5-9(14)12-6-3-7-19(11,16)17/h2-7H2,1H3,(H,12,14)(H2,11,16,17). The lowest BCUT2D eigenvalue weighted by molar-refractivity contribution is -0.151. The summed E-state index contributed by atoms with van der Waals surface area (Å²) >= 11 is 0. The number of carbonyl (C=O) groups is 3. The number of ether oxygens (including phenoxy) is 1. The summed E-state index contributed by atoms with van der Waals surface area (Å²) in [6.07, 6.45) is 0.482. The van der Waals surface area contributed by atoms with Crippen molar-refractivity contribution in [3.8, 4) is 0 Å². The average Bonchev–Trinajstić information content (AvgIpc) is 2.32. The van der Waals surface area contributed by atoms with E-state index in [4.69, 9.17) is 5.14 Å². The minimum Gasteiger partial charge on any atom is -0.463 e. The zero-order chi connectivity index (χ0) is 14.9. The van der Waals surface area contributed by atoms with Crippen molar-refractivity contribution in [2.24, 2.45) is 5.14 Å². The Morgan fingerprint density at radius 1 is 1.16 bits per heavy atom. The van der Waals surface area contributed by atoms with Crippen molar-refractivity contribution in [2.45, 2.75) is 25.7 Å². The molecule has 0 saturated heterocycles. The first-order valence-electron chi connectivity index (χ1n) is 5.64. The van der Waals surface area contributed by atoms with Crippen molar-refractivity contribution in [3.05, 3.63) is 0 Å². The molecule has 0 aliphatic carbocycles. The number of rotatable bonds is 9. The van der Waals surface area contributed by atoms with Gasteiger partial charge in [-0.05, 0) is 12.8 Å². The SMILES string of the molecule is COC(=O)C(=O)CCCC(=O)NCCCS(N)(=O)=O. The molecule has 0 radical (unpaired) electrons. The van der Waals surface area contributed by atoms with Gasteiger partial charge in [0, 0.05) is 19.4 Å². The lowest BCUT2D eigenvalue weighted by Gasteiger charge is -2.04. The van der Waals surface area contributed by atoms with Crippen LogP contribution in [-0.2, 0) is 29.1 Å². The van der Waals surface area contributed by atoms with E-state index in [0.29, 0.717) is 0 Å². The van der Waals surface area contributed by atoms with Crippen molar-refractivity contribution in [3.63, 3.8) is 0 Å².